The van der Waals surface area contributed by atoms with Crippen LogP contribution in [-0.4, -0.2) is 45.7 Å². The Kier molecular flexibility index (Phi) is 3.36. The first-order valence-electron chi connectivity index (χ1n) is 6.56. The molecule has 7 nitrogen and oxygen atoms in total. The summed E-state index contributed by atoms with van der Waals surface area (Å²) in [6, 6.07) is 0.980. The Labute approximate surface area is 128 Å². The minimum atomic E-state index is -4.71. The van der Waals surface area contributed by atoms with E-state index in [4.69, 9.17) is 0 Å². The lowest BCUT2D eigenvalue weighted by molar-refractivity contribution is -0.140. The third-order valence-corrected chi connectivity index (χ3v) is 5.34. The first-order valence-corrected chi connectivity index (χ1v) is 8.17. The lowest BCUT2D eigenvalue weighted by Gasteiger charge is -2.14. The largest absolute Gasteiger partial charge is 0.435 e. The fourth-order valence-electron chi connectivity index (χ4n) is 2.48. The van der Waals surface area contributed by atoms with Crippen molar-refractivity contribution < 1.29 is 26.4 Å². The summed E-state index contributed by atoms with van der Waals surface area (Å²) >= 11 is 0. The van der Waals surface area contributed by atoms with Crippen molar-refractivity contribution in [3.05, 3.63) is 23.5 Å². The zero-order valence-electron chi connectivity index (χ0n) is 11.8. The number of hydrogen-bond donors (Lipinski definition) is 0. The average Bonchev–Trinajstić information content (AvgIpc) is 2.97. The van der Waals surface area contributed by atoms with Crippen LogP contribution in [0.15, 0.2) is 12.3 Å². The summed E-state index contributed by atoms with van der Waals surface area (Å²) < 4.78 is 64.1. The molecule has 2 aromatic heterocycles. The Morgan fingerprint density at radius 3 is 2.61 bits per heavy atom. The molecule has 1 amide bonds. The number of nitrogens with zero attached hydrogens (tertiary/aromatic N) is 4. The number of fused-ring (bicyclic) bond motifs is 1. The third-order valence-electron chi connectivity index (χ3n) is 3.52. The molecule has 0 radical (unpaired) electrons. The number of hydrogen-bond acceptors (Lipinski definition) is 5. The number of aryl methyl sites for hydroxylation is 1. The number of halogens is 3. The van der Waals surface area contributed by atoms with E-state index in [1.807, 2.05) is 0 Å². The molecule has 0 aliphatic carbocycles. The fraction of sp³-hybridized carbons (Fsp3) is 0.417. The maximum Gasteiger partial charge on any atom is 0.435 e. The predicted molar refractivity (Wildman–Crippen MR) is 73.0 cm³/mol. The molecule has 0 N–H and O–H groups in total. The minimum absolute atomic E-state index is 0.0123. The van der Waals surface area contributed by atoms with Gasteiger partial charge < -0.3 is 0 Å². The topological polar surface area (TPSA) is 85.2 Å². The van der Waals surface area contributed by atoms with Crippen molar-refractivity contribution in [1.29, 1.82) is 0 Å². The molecule has 1 saturated heterocycles. The predicted octanol–water partition coefficient (Wildman–Crippen LogP) is 1.16. The summed E-state index contributed by atoms with van der Waals surface area (Å²) in [4.78, 5) is 16.1. The van der Waals surface area contributed by atoms with Gasteiger partial charge >= 0.3 is 6.18 Å². The highest BCUT2D eigenvalue weighted by Gasteiger charge is 2.38. The number of pyridine rings is 1. The van der Waals surface area contributed by atoms with Crippen LogP contribution in [0.1, 0.15) is 22.5 Å². The van der Waals surface area contributed by atoms with E-state index in [1.54, 1.807) is 0 Å². The normalized spacial score (nSPS) is 17.8. The van der Waals surface area contributed by atoms with Crippen molar-refractivity contribution in [3.63, 3.8) is 0 Å². The molecule has 0 saturated carbocycles. The zero-order valence-corrected chi connectivity index (χ0v) is 12.6. The molecule has 2 aromatic rings. The highest BCUT2D eigenvalue weighted by molar-refractivity contribution is 7.89. The van der Waals surface area contributed by atoms with Gasteiger partial charge in [0, 0.05) is 19.8 Å². The summed E-state index contributed by atoms with van der Waals surface area (Å²) in [7, 11) is -2.41. The number of alkyl halides is 3. The van der Waals surface area contributed by atoms with Crippen LogP contribution in [0.4, 0.5) is 13.2 Å². The first kappa shape index (κ1) is 15.7. The minimum Gasteiger partial charge on any atom is -0.268 e. The molecule has 0 atom stereocenters. The highest BCUT2D eigenvalue weighted by atomic mass is 32.2. The molecule has 124 valence electrons. The molecule has 1 aliphatic heterocycles. The van der Waals surface area contributed by atoms with Crippen molar-refractivity contribution >= 4 is 27.0 Å². The van der Waals surface area contributed by atoms with E-state index in [0.29, 0.717) is 10.7 Å². The van der Waals surface area contributed by atoms with Gasteiger partial charge in [-0.2, -0.15) is 18.3 Å². The molecule has 0 aromatic carbocycles. The molecular formula is C12H11F3N4O3S. The summed E-state index contributed by atoms with van der Waals surface area (Å²) in [5.41, 5.74) is -1.43. The summed E-state index contributed by atoms with van der Waals surface area (Å²) in [6.45, 7) is 0.0123. The van der Waals surface area contributed by atoms with E-state index < -0.39 is 27.8 Å². The molecule has 0 unspecified atom stereocenters. The molecule has 0 spiro atoms. The number of sulfonamides is 1. The second-order valence-electron chi connectivity index (χ2n) is 5.11. The lowest BCUT2D eigenvalue weighted by atomic mass is 10.2. The summed E-state index contributed by atoms with van der Waals surface area (Å²) in [5.74, 6) is -1.04. The molecular weight excluding hydrogens is 337 g/mol. The van der Waals surface area contributed by atoms with Crippen LogP contribution in [-0.2, 0) is 23.2 Å². The molecule has 11 heteroatoms. The Bertz CT molecular complexity index is 904. The summed E-state index contributed by atoms with van der Waals surface area (Å²) in [5, 5.41) is 3.03. The van der Waals surface area contributed by atoms with Crippen molar-refractivity contribution in [2.75, 3.05) is 12.3 Å². The van der Waals surface area contributed by atoms with Gasteiger partial charge in [0.15, 0.2) is 11.3 Å². The van der Waals surface area contributed by atoms with Gasteiger partial charge in [-0.25, -0.2) is 22.4 Å². The van der Waals surface area contributed by atoms with Gasteiger partial charge in [0.05, 0.1) is 16.7 Å². The van der Waals surface area contributed by atoms with Crippen molar-refractivity contribution in [3.8, 4) is 0 Å². The molecule has 0 bridgehead atoms. The van der Waals surface area contributed by atoms with Crippen LogP contribution in [0, 0.1) is 0 Å². The Balaban J connectivity index is 2.12. The number of carbonyl (C=O) groups is 1. The molecule has 3 rings (SSSR count). The Morgan fingerprint density at radius 1 is 1.35 bits per heavy atom. The second kappa shape index (κ2) is 4.91. The quantitative estimate of drug-likeness (QED) is 0.772. The van der Waals surface area contributed by atoms with Gasteiger partial charge in [-0.15, -0.1) is 0 Å². The first-order chi connectivity index (χ1) is 10.6. The number of aromatic nitrogens is 3. The van der Waals surface area contributed by atoms with E-state index in [0.717, 1.165) is 16.9 Å². The SMILES string of the molecule is Cn1nc(C(F)(F)F)c2cc(C(=O)N3CCCS3(=O)=O)cnc21. The molecule has 1 aliphatic rings. The Morgan fingerprint density at radius 2 is 2.04 bits per heavy atom. The van der Waals surface area contributed by atoms with Crippen LogP contribution in [0.5, 0.6) is 0 Å². The zero-order chi connectivity index (χ0) is 17.0. The number of amides is 1. The van der Waals surface area contributed by atoms with Gasteiger partial charge in [-0.3, -0.25) is 4.79 Å². The lowest BCUT2D eigenvalue weighted by Crippen LogP contribution is -2.32. The molecule has 3 heterocycles. The molecule has 23 heavy (non-hydrogen) atoms. The van der Waals surface area contributed by atoms with E-state index in [-0.39, 0.29) is 28.9 Å². The standard InChI is InChI=1S/C12H11F3N4O3S/c1-18-10-8(9(17-18)12(13,14)15)5-7(6-16-10)11(20)19-3-2-4-23(19,21)22/h5-6H,2-4H2,1H3. The number of rotatable bonds is 1. The van der Waals surface area contributed by atoms with Crippen LogP contribution in [0.3, 0.4) is 0 Å². The van der Waals surface area contributed by atoms with E-state index in [9.17, 15) is 26.4 Å². The maximum atomic E-state index is 13.0. The average molecular weight is 348 g/mol. The van der Waals surface area contributed by atoms with Gasteiger partial charge in [-0.05, 0) is 12.5 Å². The van der Waals surface area contributed by atoms with Crippen molar-refractivity contribution in [2.45, 2.75) is 12.6 Å². The number of carbonyl (C=O) groups excluding carboxylic acids is 1. The monoisotopic (exact) mass is 348 g/mol. The van der Waals surface area contributed by atoms with Gasteiger partial charge in [0.1, 0.15) is 0 Å². The van der Waals surface area contributed by atoms with Gasteiger partial charge in [0.25, 0.3) is 5.91 Å². The van der Waals surface area contributed by atoms with Gasteiger partial charge in [0.2, 0.25) is 10.0 Å². The maximum absolute atomic E-state index is 13.0. The second-order valence-corrected chi connectivity index (χ2v) is 7.12. The van der Waals surface area contributed by atoms with Crippen LogP contribution in [0.2, 0.25) is 0 Å². The Hall–Kier alpha value is -2.17. The van der Waals surface area contributed by atoms with Crippen molar-refractivity contribution in [1.82, 2.24) is 19.1 Å². The van der Waals surface area contributed by atoms with Crippen LogP contribution < -0.4 is 0 Å². The van der Waals surface area contributed by atoms with E-state index >= 15 is 0 Å². The van der Waals surface area contributed by atoms with Crippen LogP contribution in [0.25, 0.3) is 11.0 Å². The smallest absolute Gasteiger partial charge is 0.268 e. The third kappa shape index (κ3) is 2.54. The van der Waals surface area contributed by atoms with E-state index in [1.165, 1.54) is 7.05 Å². The van der Waals surface area contributed by atoms with E-state index in [2.05, 4.69) is 10.1 Å². The highest BCUT2D eigenvalue weighted by Crippen LogP contribution is 2.33. The van der Waals surface area contributed by atoms with Gasteiger partial charge in [-0.1, -0.05) is 0 Å². The fourth-order valence-corrected chi connectivity index (χ4v) is 3.96. The summed E-state index contributed by atoms with van der Waals surface area (Å²) in [6.07, 6.45) is -3.35. The van der Waals surface area contributed by atoms with Crippen LogP contribution >= 0.6 is 0 Å². The molecule has 1 fully saturated rings. The van der Waals surface area contributed by atoms with Crippen molar-refractivity contribution in [2.24, 2.45) is 7.05 Å².